The Bertz CT molecular complexity index is 489. The van der Waals surface area contributed by atoms with E-state index in [1.54, 1.807) is 7.11 Å². The number of hydrogen-bond acceptors (Lipinski definition) is 1. The summed E-state index contributed by atoms with van der Waals surface area (Å²) < 4.78 is 6.28. The van der Waals surface area contributed by atoms with E-state index in [1.807, 2.05) is 12.1 Å². The molecule has 2 heteroatoms. The van der Waals surface area contributed by atoms with Crippen LogP contribution in [0, 0.1) is 6.92 Å². The first-order valence-electron chi connectivity index (χ1n) is 5.11. The second-order valence-electron chi connectivity index (χ2n) is 3.69. The van der Waals surface area contributed by atoms with E-state index in [-0.39, 0.29) is 0 Å². The van der Waals surface area contributed by atoms with E-state index < -0.39 is 0 Å². The molecule has 2 aromatic carbocycles. The summed E-state index contributed by atoms with van der Waals surface area (Å²) in [6, 6.07) is 14.5. The van der Waals surface area contributed by atoms with Gasteiger partial charge in [-0.1, -0.05) is 40.2 Å². The van der Waals surface area contributed by atoms with Crippen molar-refractivity contribution in [2.75, 3.05) is 7.11 Å². The average molecular weight is 277 g/mol. The predicted molar refractivity (Wildman–Crippen MR) is 70.9 cm³/mol. The van der Waals surface area contributed by atoms with E-state index in [9.17, 15) is 0 Å². The molecule has 0 saturated heterocycles. The number of methoxy groups -OCH3 is 1. The molecule has 0 unspecified atom stereocenters. The smallest absolute Gasteiger partial charge is 0.118 e. The topological polar surface area (TPSA) is 9.23 Å². The molecule has 0 spiro atoms. The van der Waals surface area contributed by atoms with Crippen molar-refractivity contribution in [2.45, 2.75) is 6.92 Å². The molecular formula is C14H13BrO. The third-order valence-electron chi connectivity index (χ3n) is 2.58. The Hall–Kier alpha value is -1.28. The fourth-order valence-electron chi connectivity index (χ4n) is 1.61. The van der Waals surface area contributed by atoms with Crippen molar-refractivity contribution in [3.05, 3.63) is 52.5 Å². The highest BCUT2D eigenvalue weighted by Crippen LogP contribution is 2.26. The van der Waals surface area contributed by atoms with Crippen LogP contribution in [0.15, 0.2) is 46.9 Å². The zero-order valence-electron chi connectivity index (χ0n) is 9.33. The van der Waals surface area contributed by atoms with Gasteiger partial charge in [-0.25, -0.2) is 0 Å². The highest BCUT2D eigenvalue weighted by molar-refractivity contribution is 9.10. The van der Waals surface area contributed by atoms with Gasteiger partial charge in [-0.05, 0) is 41.8 Å². The van der Waals surface area contributed by atoms with E-state index >= 15 is 0 Å². The van der Waals surface area contributed by atoms with E-state index in [0.29, 0.717) is 0 Å². The van der Waals surface area contributed by atoms with Crippen molar-refractivity contribution in [1.82, 2.24) is 0 Å². The van der Waals surface area contributed by atoms with Crippen molar-refractivity contribution in [3.63, 3.8) is 0 Å². The van der Waals surface area contributed by atoms with Crippen LogP contribution in [0.3, 0.4) is 0 Å². The molecule has 0 bridgehead atoms. The minimum atomic E-state index is 0.887. The molecule has 0 heterocycles. The lowest BCUT2D eigenvalue weighted by molar-refractivity contribution is 0.415. The zero-order chi connectivity index (χ0) is 11.5. The molecule has 0 aromatic heterocycles. The molecule has 1 nitrogen and oxygen atoms in total. The van der Waals surface area contributed by atoms with E-state index in [1.165, 1.54) is 16.7 Å². The van der Waals surface area contributed by atoms with Crippen molar-refractivity contribution < 1.29 is 4.74 Å². The largest absolute Gasteiger partial charge is 0.497 e. The van der Waals surface area contributed by atoms with Crippen LogP contribution in [0.5, 0.6) is 5.75 Å². The lowest BCUT2D eigenvalue weighted by atomic mass is 10.0. The Balaban J connectivity index is 2.38. The highest BCUT2D eigenvalue weighted by atomic mass is 79.9. The minimum absolute atomic E-state index is 0.887. The standard InChI is InChI=1S/C14H13BrO/c1-10-9-12(5-8-14(10)15)11-3-6-13(16-2)7-4-11/h3-9H,1-2H3. The zero-order valence-corrected chi connectivity index (χ0v) is 10.9. The molecule has 0 amide bonds. The molecule has 0 aliphatic rings. The second-order valence-corrected chi connectivity index (χ2v) is 4.55. The molecule has 2 rings (SSSR count). The summed E-state index contributed by atoms with van der Waals surface area (Å²) in [4.78, 5) is 0. The maximum atomic E-state index is 5.14. The molecule has 0 aliphatic carbocycles. The quantitative estimate of drug-likeness (QED) is 0.788. The molecule has 0 fully saturated rings. The first-order valence-corrected chi connectivity index (χ1v) is 5.90. The van der Waals surface area contributed by atoms with E-state index in [2.05, 4.69) is 53.2 Å². The number of rotatable bonds is 2. The van der Waals surface area contributed by atoms with Gasteiger partial charge in [0, 0.05) is 4.47 Å². The Morgan fingerprint density at radius 1 is 0.938 bits per heavy atom. The second kappa shape index (κ2) is 4.71. The van der Waals surface area contributed by atoms with E-state index in [4.69, 9.17) is 4.74 Å². The van der Waals surface area contributed by atoms with Crippen molar-refractivity contribution in [1.29, 1.82) is 0 Å². The van der Waals surface area contributed by atoms with Gasteiger partial charge < -0.3 is 4.74 Å². The third-order valence-corrected chi connectivity index (χ3v) is 3.47. The highest BCUT2D eigenvalue weighted by Gasteiger charge is 2.00. The van der Waals surface area contributed by atoms with Crippen LogP contribution in [0.4, 0.5) is 0 Å². The van der Waals surface area contributed by atoms with Gasteiger partial charge in [0.2, 0.25) is 0 Å². The van der Waals surface area contributed by atoms with Gasteiger partial charge in [0.05, 0.1) is 7.11 Å². The number of benzene rings is 2. The first-order chi connectivity index (χ1) is 7.70. The van der Waals surface area contributed by atoms with Crippen LogP contribution >= 0.6 is 15.9 Å². The molecule has 82 valence electrons. The van der Waals surface area contributed by atoms with E-state index in [0.717, 1.165) is 10.2 Å². The van der Waals surface area contributed by atoms with Gasteiger partial charge in [0.1, 0.15) is 5.75 Å². The summed E-state index contributed by atoms with van der Waals surface area (Å²) in [5.41, 5.74) is 3.67. The molecule has 0 radical (unpaired) electrons. The van der Waals surface area contributed by atoms with Crippen LogP contribution in [0.2, 0.25) is 0 Å². The molecular weight excluding hydrogens is 264 g/mol. The monoisotopic (exact) mass is 276 g/mol. The maximum absolute atomic E-state index is 5.14. The Kier molecular flexibility index (Phi) is 3.30. The summed E-state index contributed by atoms with van der Waals surface area (Å²) in [5.74, 6) is 0.887. The van der Waals surface area contributed by atoms with Crippen LogP contribution < -0.4 is 4.74 Å². The average Bonchev–Trinajstić information content (AvgIpc) is 2.33. The van der Waals surface area contributed by atoms with Crippen LogP contribution in [-0.4, -0.2) is 7.11 Å². The summed E-state index contributed by atoms with van der Waals surface area (Å²) in [5, 5.41) is 0. The maximum Gasteiger partial charge on any atom is 0.118 e. The number of aryl methyl sites for hydroxylation is 1. The Morgan fingerprint density at radius 2 is 1.56 bits per heavy atom. The van der Waals surface area contributed by atoms with Gasteiger partial charge in [-0.2, -0.15) is 0 Å². The Labute approximate surface area is 104 Å². The van der Waals surface area contributed by atoms with Gasteiger partial charge in [-0.15, -0.1) is 0 Å². The van der Waals surface area contributed by atoms with Crippen LogP contribution in [0.1, 0.15) is 5.56 Å². The fourth-order valence-corrected chi connectivity index (χ4v) is 1.85. The summed E-state index contributed by atoms with van der Waals surface area (Å²) >= 11 is 3.50. The molecule has 0 N–H and O–H groups in total. The van der Waals surface area contributed by atoms with Crippen molar-refractivity contribution in [3.8, 4) is 16.9 Å². The lowest BCUT2D eigenvalue weighted by Gasteiger charge is -2.06. The molecule has 2 aromatic rings. The van der Waals surface area contributed by atoms with Crippen molar-refractivity contribution >= 4 is 15.9 Å². The number of halogens is 1. The Morgan fingerprint density at radius 3 is 2.12 bits per heavy atom. The number of ether oxygens (including phenoxy) is 1. The number of hydrogen-bond donors (Lipinski definition) is 0. The third kappa shape index (κ3) is 2.27. The molecule has 0 saturated carbocycles. The molecule has 0 aliphatic heterocycles. The molecule has 16 heavy (non-hydrogen) atoms. The van der Waals surface area contributed by atoms with Crippen LogP contribution in [0.25, 0.3) is 11.1 Å². The summed E-state index contributed by atoms with van der Waals surface area (Å²) in [7, 11) is 1.68. The van der Waals surface area contributed by atoms with Gasteiger partial charge in [0.15, 0.2) is 0 Å². The molecule has 0 atom stereocenters. The minimum Gasteiger partial charge on any atom is -0.497 e. The van der Waals surface area contributed by atoms with Gasteiger partial charge in [0.25, 0.3) is 0 Å². The van der Waals surface area contributed by atoms with Gasteiger partial charge in [-0.3, -0.25) is 0 Å². The van der Waals surface area contributed by atoms with Crippen LogP contribution in [-0.2, 0) is 0 Å². The van der Waals surface area contributed by atoms with Gasteiger partial charge >= 0.3 is 0 Å². The summed E-state index contributed by atoms with van der Waals surface area (Å²) in [6.45, 7) is 2.09. The lowest BCUT2D eigenvalue weighted by Crippen LogP contribution is -1.84. The summed E-state index contributed by atoms with van der Waals surface area (Å²) in [6.07, 6.45) is 0. The normalized spacial score (nSPS) is 10.2. The predicted octanol–water partition coefficient (Wildman–Crippen LogP) is 4.43. The fraction of sp³-hybridized carbons (Fsp3) is 0.143. The first kappa shape index (κ1) is 11.2. The van der Waals surface area contributed by atoms with Crippen molar-refractivity contribution in [2.24, 2.45) is 0 Å². The SMILES string of the molecule is COc1ccc(-c2ccc(Br)c(C)c2)cc1.